The predicted molar refractivity (Wildman–Crippen MR) is 118 cm³/mol. The molecule has 0 aromatic heterocycles. The van der Waals surface area contributed by atoms with E-state index in [0.717, 1.165) is 36.8 Å². The Bertz CT molecular complexity index is 885. The number of rotatable bonds is 7. The molecule has 1 aliphatic rings. The zero-order chi connectivity index (χ0) is 21.3. The summed E-state index contributed by atoms with van der Waals surface area (Å²) in [6.45, 7) is -0.262. The molecule has 3 rings (SSSR count). The number of para-hydroxylation sites is 1. The first-order chi connectivity index (χ1) is 14.6. The van der Waals surface area contributed by atoms with Gasteiger partial charge < -0.3 is 14.4 Å². The molecule has 0 unspecified atom stereocenters. The SMILES string of the molecule is COc1ccccc1/C=C(/C(=O)OCC(=O)N(C)C1CCCCC1)c1ccccc1. The van der Waals surface area contributed by atoms with E-state index in [1.54, 1.807) is 25.1 Å². The summed E-state index contributed by atoms with van der Waals surface area (Å²) in [5.74, 6) is -0.0377. The second-order valence-electron chi connectivity index (χ2n) is 7.54. The van der Waals surface area contributed by atoms with E-state index in [9.17, 15) is 9.59 Å². The van der Waals surface area contributed by atoms with Crippen LogP contribution in [0.2, 0.25) is 0 Å². The van der Waals surface area contributed by atoms with Crippen LogP contribution in [0, 0.1) is 0 Å². The van der Waals surface area contributed by atoms with Gasteiger partial charge in [0.1, 0.15) is 5.75 Å². The average Bonchev–Trinajstić information content (AvgIpc) is 2.81. The van der Waals surface area contributed by atoms with Crippen molar-refractivity contribution < 1.29 is 19.1 Å². The molecular weight excluding hydrogens is 378 g/mol. The van der Waals surface area contributed by atoms with Gasteiger partial charge in [-0.3, -0.25) is 4.79 Å². The molecule has 5 heteroatoms. The summed E-state index contributed by atoms with van der Waals surface area (Å²) in [5, 5.41) is 0. The van der Waals surface area contributed by atoms with Crippen molar-refractivity contribution in [2.45, 2.75) is 38.1 Å². The van der Waals surface area contributed by atoms with Crippen molar-refractivity contribution in [1.29, 1.82) is 0 Å². The number of hydrogen-bond donors (Lipinski definition) is 0. The minimum Gasteiger partial charge on any atom is -0.496 e. The Hall–Kier alpha value is -3.08. The zero-order valence-corrected chi connectivity index (χ0v) is 17.7. The van der Waals surface area contributed by atoms with Gasteiger partial charge in [0.05, 0.1) is 12.7 Å². The maximum absolute atomic E-state index is 12.9. The fraction of sp³-hybridized carbons (Fsp3) is 0.360. The highest BCUT2D eigenvalue weighted by Crippen LogP contribution is 2.26. The second-order valence-corrected chi connectivity index (χ2v) is 7.54. The number of amides is 1. The summed E-state index contributed by atoms with van der Waals surface area (Å²) >= 11 is 0. The van der Waals surface area contributed by atoms with Crippen LogP contribution < -0.4 is 4.74 Å². The molecule has 0 saturated heterocycles. The zero-order valence-electron chi connectivity index (χ0n) is 17.7. The van der Waals surface area contributed by atoms with Gasteiger partial charge in [0.15, 0.2) is 6.61 Å². The van der Waals surface area contributed by atoms with Crippen LogP contribution in [0.3, 0.4) is 0 Å². The quantitative estimate of drug-likeness (QED) is 0.383. The van der Waals surface area contributed by atoms with Crippen LogP contribution in [0.1, 0.15) is 43.2 Å². The predicted octanol–water partition coefficient (Wildman–Crippen LogP) is 4.57. The van der Waals surface area contributed by atoms with Crippen molar-refractivity contribution in [2.75, 3.05) is 20.8 Å². The van der Waals surface area contributed by atoms with Crippen LogP contribution in [-0.2, 0) is 14.3 Å². The number of ether oxygens (including phenoxy) is 2. The van der Waals surface area contributed by atoms with Gasteiger partial charge in [-0.2, -0.15) is 0 Å². The monoisotopic (exact) mass is 407 g/mol. The van der Waals surface area contributed by atoms with Gasteiger partial charge in [-0.25, -0.2) is 4.79 Å². The number of likely N-dealkylation sites (N-methyl/N-ethyl adjacent to an activating group) is 1. The summed E-state index contributed by atoms with van der Waals surface area (Å²) in [6.07, 6.45) is 7.27. The van der Waals surface area contributed by atoms with Crippen molar-refractivity contribution in [3.63, 3.8) is 0 Å². The number of methoxy groups -OCH3 is 1. The minimum absolute atomic E-state index is 0.167. The van der Waals surface area contributed by atoms with Crippen LogP contribution in [0.25, 0.3) is 11.6 Å². The molecule has 0 aliphatic heterocycles. The summed E-state index contributed by atoms with van der Waals surface area (Å²) in [7, 11) is 3.39. The van der Waals surface area contributed by atoms with Crippen molar-refractivity contribution in [2.24, 2.45) is 0 Å². The van der Waals surface area contributed by atoms with Crippen molar-refractivity contribution >= 4 is 23.5 Å². The largest absolute Gasteiger partial charge is 0.496 e. The highest BCUT2D eigenvalue weighted by atomic mass is 16.5. The van der Waals surface area contributed by atoms with Crippen molar-refractivity contribution in [1.82, 2.24) is 4.90 Å². The van der Waals surface area contributed by atoms with Crippen LogP contribution in [0.4, 0.5) is 0 Å². The third-order valence-electron chi connectivity index (χ3n) is 5.59. The Morgan fingerprint density at radius 3 is 2.37 bits per heavy atom. The molecule has 0 atom stereocenters. The number of esters is 1. The third-order valence-corrected chi connectivity index (χ3v) is 5.59. The van der Waals surface area contributed by atoms with Crippen LogP contribution in [0.5, 0.6) is 5.75 Å². The minimum atomic E-state index is -0.530. The highest BCUT2D eigenvalue weighted by molar-refractivity contribution is 6.22. The summed E-state index contributed by atoms with van der Waals surface area (Å²) in [4.78, 5) is 27.3. The molecule has 30 heavy (non-hydrogen) atoms. The van der Waals surface area contributed by atoms with Crippen LogP contribution in [-0.4, -0.2) is 43.6 Å². The molecule has 0 radical (unpaired) electrons. The fourth-order valence-corrected chi connectivity index (χ4v) is 3.80. The first kappa shape index (κ1) is 21.6. The fourth-order valence-electron chi connectivity index (χ4n) is 3.80. The lowest BCUT2D eigenvalue weighted by Gasteiger charge is -2.31. The van der Waals surface area contributed by atoms with E-state index >= 15 is 0 Å². The summed E-state index contributed by atoms with van der Waals surface area (Å²) in [5.41, 5.74) is 1.87. The van der Waals surface area contributed by atoms with E-state index in [0.29, 0.717) is 11.3 Å². The maximum atomic E-state index is 12.9. The Kier molecular flexibility index (Phi) is 7.66. The second kappa shape index (κ2) is 10.6. The van der Waals surface area contributed by atoms with Crippen LogP contribution >= 0.6 is 0 Å². The Morgan fingerprint density at radius 1 is 1.00 bits per heavy atom. The molecule has 0 N–H and O–H groups in total. The molecule has 1 saturated carbocycles. The van der Waals surface area contributed by atoms with E-state index < -0.39 is 5.97 Å². The standard InChI is InChI=1S/C25H29NO4/c1-26(21-14-7-4-8-15-21)24(27)18-30-25(28)22(19-11-5-3-6-12-19)17-20-13-9-10-16-23(20)29-2/h3,5-6,9-13,16-17,21H,4,7-8,14-15,18H2,1-2H3/b22-17+. The highest BCUT2D eigenvalue weighted by Gasteiger charge is 2.23. The van der Waals surface area contributed by atoms with E-state index in [2.05, 4.69) is 0 Å². The molecule has 0 spiro atoms. The van der Waals surface area contributed by atoms with Gasteiger partial charge in [-0.05, 0) is 30.5 Å². The molecular formula is C25H29NO4. The molecule has 0 heterocycles. The van der Waals surface area contributed by atoms with Crippen LogP contribution in [0.15, 0.2) is 54.6 Å². The molecule has 1 aliphatic carbocycles. The van der Waals surface area contributed by atoms with Gasteiger partial charge in [0.2, 0.25) is 0 Å². The topological polar surface area (TPSA) is 55.8 Å². The van der Waals surface area contributed by atoms with E-state index in [-0.39, 0.29) is 18.6 Å². The van der Waals surface area contributed by atoms with Crippen molar-refractivity contribution in [3.05, 3.63) is 65.7 Å². The van der Waals surface area contributed by atoms with Gasteiger partial charge in [-0.1, -0.05) is 67.8 Å². The van der Waals surface area contributed by atoms with Crippen molar-refractivity contribution in [3.8, 4) is 5.75 Å². The normalized spacial score (nSPS) is 14.8. The first-order valence-corrected chi connectivity index (χ1v) is 10.4. The molecule has 2 aromatic carbocycles. The molecule has 0 bridgehead atoms. The lowest BCUT2D eigenvalue weighted by molar-refractivity contribution is -0.148. The van der Waals surface area contributed by atoms with E-state index in [4.69, 9.17) is 9.47 Å². The lowest BCUT2D eigenvalue weighted by atomic mass is 9.94. The number of nitrogens with zero attached hydrogens (tertiary/aromatic N) is 1. The van der Waals surface area contributed by atoms with Gasteiger partial charge in [0, 0.05) is 18.7 Å². The molecule has 5 nitrogen and oxygen atoms in total. The van der Waals surface area contributed by atoms with E-state index in [1.165, 1.54) is 6.42 Å². The smallest absolute Gasteiger partial charge is 0.339 e. The molecule has 158 valence electrons. The third kappa shape index (κ3) is 5.50. The summed E-state index contributed by atoms with van der Waals surface area (Å²) in [6, 6.07) is 17.0. The van der Waals surface area contributed by atoms with E-state index in [1.807, 2.05) is 54.6 Å². The molecule has 1 fully saturated rings. The Morgan fingerprint density at radius 2 is 1.67 bits per heavy atom. The number of benzene rings is 2. The lowest BCUT2D eigenvalue weighted by Crippen LogP contribution is -2.40. The molecule has 1 amide bonds. The number of carbonyl (C=O) groups excluding carboxylic acids is 2. The van der Waals surface area contributed by atoms with Gasteiger partial charge in [0.25, 0.3) is 5.91 Å². The molecule has 2 aromatic rings. The maximum Gasteiger partial charge on any atom is 0.339 e. The van der Waals surface area contributed by atoms with Gasteiger partial charge in [-0.15, -0.1) is 0 Å². The first-order valence-electron chi connectivity index (χ1n) is 10.4. The summed E-state index contributed by atoms with van der Waals surface area (Å²) < 4.78 is 10.8. The average molecular weight is 408 g/mol. The Labute approximate surface area is 178 Å². The number of hydrogen-bond acceptors (Lipinski definition) is 4. The Balaban J connectivity index is 1.76. The number of carbonyl (C=O) groups is 2. The van der Waals surface area contributed by atoms with Gasteiger partial charge >= 0.3 is 5.97 Å².